The van der Waals surface area contributed by atoms with Gasteiger partial charge in [0.1, 0.15) is 0 Å². The molecule has 0 rings (SSSR count). The molecule has 0 aromatic heterocycles. The molecule has 0 fully saturated rings. The van der Waals surface area contributed by atoms with Gasteiger partial charge < -0.3 is 0 Å². The van der Waals surface area contributed by atoms with Crippen LogP contribution in [0.25, 0.3) is 0 Å². The van der Waals surface area contributed by atoms with Gasteiger partial charge in [-0.2, -0.15) is 0 Å². The molecule has 1 amide bonds. The molecule has 0 heterocycles. The van der Waals surface area contributed by atoms with Crippen molar-refractivity contribution >= 4 is 30.4 Å². The number of ether oxygens (including phenoxy) is 2. The van der Waals surface area contributed by atoms with E-state index in [9.17, 15) is 9.59 Å². The van der Waals surface area contributed by atoms with Crippen molar-refractivity contribution in [3.05, 3.63) is 10.2 Å². The molecule has 0 saturated carbocycles. The van der Waals surface area contributed by atoms with Gasteiger partial charge in [-0.3, -0.25) is 0 Å². The van der Waals surface area contributed by atoms with Gasteiger partial charge in [0, 0.05) is 0 Å². The molecule has 0 spiro atoms. The monoisotopic (exact) mass is 505 g/mol. The maximum atomic E-state index is 12.3. The quantitative estimate of drug-likeness (QED) is 0.247. The van der Waals surface area contributed by atoms with Crippen LogP contribution in [-0.4, -0.2) is 49.2 Å². The molecule has 5 nitrogen and oxygen atoms in total. The summed E-state index contributed by atoms with van der Waals surface area (Å²) >= 11 is -2.54. The Morgan fingerprint density at radius 2 is 1.43 bits per heavy atom. The zero-order chi connectivity index (χ0) is 21.6. The van der Waals surface area contributed by atoms with E-state index in [1.165, 1.54) is 58.9 Å². The SMILES string of the molecule is CCC[CH2][Sn](/[CH]=C/C(NC(=O)OC(C)(C)C)C(=O)OC)([CH2]CCC)[CH2]CCC. The van der Waals surface area contributed by atoms with Crippen LogP contribution in [0.3, 0.4) is 0 Å². The van der Waals surface area contributed by atoms with E-state index in [0.717, 1.165) is 0 Å². The normalized spacial score (nSPS) is 13.4. The van der Waals surface area contributed by atoms with Crippen molar-refractivity contribution in [3.63, 3.8) is 0 Å². The van der Waals surface area contributed by atoms with E-state index in [1.54, 1.807) is 20.8 Å². The van der Waals surface area contributed by atoms with Gasteiger partial charge in [0.05, 0.1) is 0 Å². The number of rotatable bonds is 13. The summed E-state index contributed by atoms with van der Waals surface area (Å²) in [6.07, 6.45) is 8.63. The van der Waals surface area contributed by atoms with E-state index >= 15 is 0 Å². The predicted molar refractivity (Wildman–Crippen MR) is 119 cm³/mol. The van der Waals surface area contributed by atoms with Crippen LogP contribution in [0.2, 0.25) is 13.3 Å². The zero-order valence-corrected chi connectivity index (χ0v) is 22.1. The van der Waals surface area contributed by atoms with Crippen LogP contribution in [0.5, 0.6) is 0 Å². The summed E-state index contributed by atoms with van der Waals surface area (Å²) in [5.74, 6) is -0.455. The van der Waals surface area contributed by atoms with Crippen molar-refractivity contribution in [2.24, 2.45) is 0 Å². The average molecular weight is 504 g/mol. The first kappa shape index (κ1) is 27.3. The number of carbonyl (C=O) groups is 2. The molecule has 0 saturated heterocycles. The summed E-state index contributed by atoms with van der Waals surface area (Å²) in [6.45, 7) is 12.1. The Morgan fingerprint density at radius 1 is 0.964 bits per heavy atom. The van der Waals surface area contributed by atoms with Crippen LogP contribution in [0.4, 0.5) is 4.79 Å². The minimum atomic E-state index is -2.54. The number of nitrogens with one attached hydrogen (secondary N) is 1. The van der Waals surface area contributed by atoms with Gasteiger partial charge in [0.15, 0.2) is 0 Å². The summed E-state index contributed by atoms with van der Waals surface area (Å²) in [5.41, 5.74) is -0.610. The number of esters is 1. The fourth-order valence-electron chi connectivity index (χ4n) is 3.26. The van der Waals surface area contributed by atoms with Crippen molar-refractivity contribution < 1.29 is 19.1 Å². The molecule has 0 aliphatic carbocycles. The first-order valence-electron chi connectivity index (χ1n) is 10.9. The third kappa shape index (κ3) is 12.0. The Labute approximate surface area is 176 Å². The molecule has 6 heteroatoms. The molecule has 0 aromatic carbocycles. The molecule has 0 bridgehead atoms. The number of alkyl carbamates (subject to hydrolysis) is 1. The van der Waals surface area contributed by atoms with Crippen molar-refractivity contribution in [2.45, 2.75) is 105 Å². The van der Waals surface area contributed by atoms with E-state index < -0.39 is 42.1 Å². The summed E-state index contributed by atoms with van der Waals surface area (Å²) in [6, 6.07) is -0.791. The van der Waals surface area contributed by atoms with Crippen LogP contribution in [0.1, 0.15) is 80.1 Å². The average Bonchev–Trinajstić information content (AvgIpc) is 2.63. The fourth-order valence-corrected chi connectivity index (χ4v) is 17.6. The van der Waals surface area contributed by atoms with Crippen molar-refractivity contribution in [1.82, 2.24) is 5.32 Å². The van der Waals surface area contributed by atoms with Gasteiger partial charge in [-0.1, -0.05) is 0 Å². The van der Waals surface area contributed by atoms with Gasteiger partial charge in [-0.25, -0.2) is 0 Å². The second-order valence-corrected chi connectivity index (χ2v) is 21.7. The van der Waals surface area contributed by atoms with Gasteiger partial charge >= 0.3 is 177 Å². The summed E-state index contributed by atoms with van der Waals surface area (Å²) < 4.78 is 16.5. The maximum absolute atomic E-state index is 12.3. The molecule has 1 N–H and O–H groups in total. The molecule has 0 aliphatic rings. The Bertz CT molecular complexity index is 464. The zero-order valence-electron chi connectivity index (χ0n) is 19.2. The molecule has 1 atom stereocenters. The number of hydrogen-bond acceptors (Lipinski definition) is 4. The third-order valence-electron chi connectivity index (χ3n) is 4.85. The molecule has 0 aliphatic heterocycles. The van der Waals surface area contributed by atoms with Crippen molar-refractivity contribution in [3.8, 4) is 0 Å². The van der Waals surface area contributed by atoms with Crippen LogP contribution in [0.15, 0.2) is 10.2 Å². The van der Waals surface area contributed by atoms with E-state index in [0.29, 0.717) is 0 Å². The van der Waals surface area contributed by atoms with Crippen molar-refractivity contribution in [2.75, 3.05) is 7.11 Å². The van der Waals surface area contributed by atoms with Gasteiger partial charge in [-0.05, 0) is 0 Å². The molecular formula is C22H43NO4Sn. The van der Waals surface area contributed by atoms with Gasteiger partial charge in [0.25, 0.3) is 0 Å². The minimum absolute atomic E-state index is 0.455. The number of hydrogen-bond donors (Lipinski definition) is 1. The van der Waals surface area contributed by atoms with Crippen molar-refractivity contribution in [1.29, 1.82) is 0 Å². The summed E-state index contributed by atoms with van der Waals surface area (Å²) in [5, 5.41) is 2.68. The standard InChI is InChI=1S/C10H16NO4.3C4H9.Sn/c1-6-7(8(12)14-5)11-9(13)15-10(2,3)4;3*1-3-4-2;/h1,6-7H,2-5H3,(H,11,13);3*1,3-4H2,2H3;. The van der Waals surface area contributed by atoms with E-state index in [4.69, 9.17) is 9.47 Å². The van der Waals surface area contributed by atoms with Gasteiger partial charge in [0.2, 0.25) is 0 Å². The second-order valence-electron chi connectivity index (χ2n) is 8.68. The van der Waals surface area contributed by atoms with Crippen LogP contribution in [0, 0.1) is 0 Å². The predicted octanol–water partition coefficient (Wildman–Crippen LogP) is 6.00. The summed E-state index contributed by atoms with van der Waals surface area (Å²) in [4.78, 5) is 24.4. The second kappa shape index (κ2) is 14.3. The molecule has 28 heavy (non-hydrogen) atoms. The molecule has 0 aromatic rings. The van der Waals surface area contributed by atoms with E-state index in [1.807, 2.05) is 6.08 Å². The number of carbonyl (C=O) groups excluding carboxylic acids is 2. The first-order chi connectivity index (χ1) is 13.1. The van der Waals surface area contributed by atoms with Crippen LogP contribution in [-0.2, 0) is 14.3 Å². The van der Waals surface area contributed by atoms with Crippen LogP contribution < -0.4 is 5.32 Å². The van der Waals surface area contributed by atoms with Crippen LogP contribution >= 0.6 is 0 Å². The Kier molecular flexibility index (Phi) is 13.9. The number of unbranched alkanes of at least 4 members (excludes halogenated alkanes) is 3. The Morgan fingerprint density at radius 3 is 1.79 bits per heavy atom. The first-order valence-corrected chi connectivity index (χ1v) is 18.6. The van der Waals surface area contributed by atoms with Gasteiger partial charge in [-0.15, -0.1) is 0 Å². The molecule has 0 radical (unpaired) electrons. The number of amides is 1. The fraction of sp³-hybridized carbons (Fsp3) is 0.818. The number of methoxy groups -OCH3 is 1. The van der Waals surface area contributed by atoms with E-state index in [-0.39, 0.29) is 0 Å². The molecule has 1 unspecified atom stereocenters. The molecule has 164 valence electrons. The molecular weight excluding hydrogens is 461 g/mol. The van der Waals surface area contributed by atoms with E-state index in [2.05, 4.69) is 30.2 Å². The topological polar surface area (TPSA) is 64.6 Å². The summed E-state index contributed by atoms with van der Waals surface area (Å²) in [7, 11) is 1.35. The Balaban J connectivity index is 5.52. The third-order valence-corrected chi connectivity index (χ3v) is 19.0. The Hall–Kier alpha value is -0.721.